The second kappa shape index (κ2) is 9.34. The smallest absolute Gasteiger partial charge is 0.266 e. The van der Waals surface area contributed by atoms with Crippen LogP contribution in [0.25, 0.3) is 0 Å². The van der Waals surface area contributed by atoms with Gasteiger partial charge in [0.1, 0.15) is 17.2 Å². The van der Waals surface area contributed by atoms with Crippen molar-refractivity contribution in [1.82, 2.24) is 4.98 Å². The fourth-order valence-electron chi connectivity index (χ4n) is 2.60. The highest BCUT2D eigenvalue weighted by molar-refractivity contribution is 7.92. The first-order valence-electron chi connectivity index (χ1n) is 8.63. The number of amides is 1. The summed E-state index contributed by atoms with van der Waals surface area (Å²) in [4.78, 5) is 16.5. The molecule has 156 valence electrons. The number of benzene rings is 2. The van der Waals surface area contributed by atoms with Crippen LogP contribution in [0, 0.1) is 0 Å². The summed E-state index contributed by atoms with van der Waals surface area (Å²) < 4.78 is 32.5. The van der Waals surface area contributed by atoms with Crippen molar-refractivity contribution in [2.75, 3.05) is 23.3 Å². The second-order valence-electron chi connectivity index (χ2n) is 6.07. The summed E-state index contributed by atoms with van der Waals surface area (Å²) in [6, 6.07) is 13.8. The zero-order valence-electron chi connectivity index (χ0n) is 15.7. The molecule has 1 N–H and O–H groups in total. The van der Waals surface area contributed by atoms with Gasteiger partial charge in [0.05, 0.1) is 23.5 Å². The number of rotatable bonds is 7. The van der Waals surface area contributed by atoms with E-state index >= 15 is 0 Å². The van der Waals surface area contributed by atoms with Crippen LogP contribution in [0.15, 0.2) is 71.9 Å². The van der Waals surface area contributed by atoms with Crippen LogP contribution in [-0.2, 0) is 14.8 Å². The Labute approximate surface area is 184 Å². The molecule has 0 spiro atoms. The minimum absolute atomic E-state index is 0.0434. The van der Waals surface area contributed by atoms with Crippen LogP contribution < -0.4 is 14.4 Å². The second-order valence-corrected chi connectivity index (χ2v) is 8.78. The fraction of sp³-hybridized carbons (Fsp3) is 0.100. The van der Waals surface area contributed by atoms with Gasteiger partial charge < -0.3 is 10.1 Å². The van der Waals surface area contributed by atoms with Crippen molar-refractivity contribution in [3.8, 4) is 5.75 Å². The summed E-state index contributed by atoms with van der Waals surface area (Å²) >= 11 is 12.0. The standard InChI is InChI=1S/C20H17Cl2N3O4S/c1-29-16-7-5-15(6-8-16)25(30(27,28)17-3-2-10-23-12-17)13-20(26)24-19-9-4-14(21)11-18(19)22/h2-12H,13H2,1H3,(H,24,26). The largest absolute Gasteiger partial charge is 0.497 e. The molecule has 7 nitrogen and oxygen atoms in total. The van der Waals surface area contributed by atoms with Gasteiger partial charge in [0.2, 0.25) is 5.91 Å². The molecular weight excluding hydrogens is 449 g/mol. The predicted octanol–water partition coefficient (Wildman–Crippen LogP) is 4.23. The maximum atomic E-state index is 13.2. The maximum Gasteiger partial charge on any atom is 0.266 e. The van der Waals surface area contributed by atoms with Gasteiger partial charge in [-0.3, -0.25) is 14.1 Å². The van der Waals surface area contributed by atoms with Crippen LogP contribution in [-0.4, -0.2) is 33.0 Å². The average Bonchev–Trinajstić information content (AvgIpc) is 2.75. The summed E-state index contributed by atoms with van der Waals surface area (Å²) in [6.07, 6.45) is 2.69. The lowest BCUT2D eigenvalue weighted by Gasteiger charge is -2.24. The number of pyridine rings is 1. The van der Waals surface area contributed by atoms with Crippen LogP contribution in [0.2, 0.25) is 10.0 Å². The van der Waals surface area contributed by atoms with E-state index in [1.807, 2.05) is 0 Å². The van der Waals surface area contributed by atoms with E-state index in [2.05, 4.69) is 10.3 Å². The third-order valence-electron chi connectivity index (χ3n) is 4.08. The molecule has 0 unspecified atom stereocenters. The molecule has 3 rings (SSSR count). The van der Waals surface area contributed by atoms with Crippen molar-refractivity contribution in [3.63, 3.8) is 0 Å². The Morgan fingerprint density at radius 3 is 2.47 bits per heavy atom. The Bertz CT molecular complexity index is 1140. The van der Waals surface area contributed by atoms with Crippen LogP contribution in [0.1, 0.15) is 0 Å². The number of anilines is 2. The Morgan fingerprint density at radius 1 is 1.13 bits per heavy atom. The van der Waals surface area contributed by atoms with Gasteiger partial charge >= 0.3 is 0 Å². The third-order valence-corrected chi connectivity index (χ3v) is 6.38. The van der Waals surface area contributed by atoms with Gasteiger partial charge in [0.25, 0.3) is 10.0 Å². The number of nitrogens with one attached hydrogen (secondary N) is 1. The highest BCUT2D eigenvalue weighted by Crippen LogP contribution is 2.27. The zero-order chi connectivity index (χ0) is 21.7. The highest BCUT2D eigenvalue weighted by atomic mass is 35.5. The number of ether oxygens (including phenoxy) is 1. The van der Waals surface area contributed by atoms with E-state index in [0.29, 0.717) is 16.5 Å². The molecule has 1 aromatic heterocycles. The summed E-state index contributed by atoms with van der Waals surface area (Å²) in [5, 5.41) is 3.26. The fourth-order valence-corrected chi connectivity index (χ4v) is 4.44. The zero-order valence-corrected chi connectivity index (χ0v) is 18.1. The first kappa shape index (κ1) is 21.9. The minimum atomic E-state index is -4.06. The number of halogens is 2. The summed E-state index contributed by atoms with van der Waals surface area (Å²) in [5.74, 6) is -0.0302. The molecule has 2 aromatic carbocycles. The lowest BCUT2D eigenvalue weighted by Crippen LogP contribution is -2.38. The first-order chi connectivity index (χ1) is 14.3. The van der Waals surface area contributed by atoms with E-state index in [1.54, 1.807) is 30.3 Å². The molecule has 1 heterocycles. The molecule has 0 fully saturated rings. The van der Waals surface area contributed by atoms with E-state index in [9.17, 15) is 13.2 Å². The number of carbonyl (C=O) groups excluding carboxylic acids is 1. The van der Waals surface area contributed by atoms with Crippen molar-refractivity contribution in [2.24, 2.45) is 0 Å². The number of hydrogen-bond donors (Lipinski definition) is 1. The van der Waals surface area contributed by atoms with Crippen molar-refractivity contribution in [2.45, 2.75) is 4.90 Å². The highest BCUT2D eigenvalue weighted by Gasteiger charge is 2.27. The van der Waals surface area contributed by atoms with Gasteiger partial charge in [-0.1, -0.05) is 23.2 Å². The molecule has 10 heteroatoms. The molecule has 0 aliphatic carbocycles. The summed E-state index contributed by atoms with van der Waals surface area (Å²) in [6.45, 7) is -0.484. The van der Waals surface area contributed by atoms with Crippen molar-refractivity contribution in [3.05, 3.63) is 77.0 Å². The van der Waals surface area contributed by atoms with E-state index in [0.717, 1.165) is 4.31 Å². The maximum absolute atomic E-state index is 13.2. The normalized spacial score (nSPS) is 11.0. The molecule has 0 radical (unpaired) electrons. The number of aromatic nitrogens is 1. The average molecular weight is 466 g/mol. The third kappa shape index (κ3) is 5.02. The Balaban J connectivity index is 1.93. The molecule has 0 saturated heterocycles. The summed E-state index contributed by atoms with van der Waals surface area (Å²) in [7, 11) is -2.56. The number of methoxy groups -OCH3 is 1. The lowest BCUT2D eigenvalue weighted by molar-refractivity contribution is -0.114. The van der Waals surface area contributed by atoms with Gasteiger partial charge in [0, 0.05) is 17.4 Å². The van der Waals surface area contributed by atoms with Crippen LogP contribution in [0.3, 0.4) is 0 Å². The van der Waals surface area contributed by atoms with Gasteiger partial charge in [-0.25, -0.2) is 8.42 Å². The molecule has 3 aromatic rings. The van der Waals surface area contributed by atoms with Crippen molar-refractivity contribution >= 4 is 50.5 Å². The molecule has 0 saturated carbocycles. The SMILES string of the molecule is COc1ccc(N(CC(=O)Nc2ccc(Cl)cc2Cl)S(=O)(=O)c2cccnc2)cc1. The topological polar surface area (TPSA) is 88.6 Å². The Kier molecular flexibility index (Phi) is 6.81. The Morgan fingerprint density at radius 2 is 1.87 bits per heavy atom. The van der Waals surface area contributed by atoms with E-state index < -0.39 is 22.5 Å². The molecule has 0 bridgehead atoms. The molecule has 0 aliphatic heterocycles. The number of sulfonamides is 1. The molecule has 1 amide bonds. The minimum Gasteiger partial charge on any atom is -0.497 e. The van der Waals surface area contributed by atoms with E-state index in [-0.39, 0.29) is 15.6 Å². The predicted molar refractivity (Wildman–Crippen MR) is 117 cm³/mol. The lowest BCUT2D eigenvalue weighted by atomic mass is 10.3. The Hall–Kier alpha value is -2.81. The van der Waals surface area contributed by atoms with Crippen LogP contribution in [0.5, 0.6) is 5.75 Å². The quantitative estimate of drug-likeness (QED) is 0.563. The summed E-state index contributed by atoms with van der Waals surface area (Å²) in [5.41, 5.74) is 0.608. The number of hydrogen-bond acceptors (Lipinski definition) is 5. The van der Waals surface area contributed by atoms with Crippen molar-refractivity contribution < 1.29 is 17.9 Å². The molecule has 0 aliphatic rings. The molecular formula is C20H17Cl2N3O4S. The van der Waals surface area contributed by atoms with Crippen LogP contribution >= 0.6 is 23.2 Å². The number of nitrogens with zero attached hydrogens (tertiary/aromatic N) is 2. The van der Waals surface area contributed by atoms with Gasteiger partial charge in [0.15, 0.2) is 0 Å². The molecule has 0 atom stereocenters. The monoisotopic (exact) mass is 465 g/mol. The van der Waals surface area contributed by atoms with Gasteiger partial charge in [-0.15, -0.1) is 0 Å². The van der Waals surface area contributed by atoms with Gasteiger partial charge in [-0.05, 0) is 54.6 Å². The van der Waals surface area contributed by atoms with E-state index in [4.69, 9.17) is 27.9 Å². The number of carbonyl (C=O) groups is 1. The first-order valence-corrected chi connectivity index (χ1v) is 10.8. The van der Waals surface area contributed by atoms with Gasteiger partial charge in [-0.2, -0.15) is 0 Å². The van der Waals surface area contributed by atoms with Crippen molar-refractivity contribution in [1.29, 1.82) is 0 Å². The van der Waals surface area contributed by atoms with Crippen LogP contribution in [0.4, 0.5) is 11.4 Å². The van der Waals surface area contributed by atoms with E-state index in [1.165, 1.54) is 43.8 Å². The molecule has 30 heavy (non-hydrogen) atoms.